The van der Waals surface area contributed by atoms with Gasteiger partial charge in [-0.3, -0.25) is 0 Å². The van der Waals surface area contributed by atoms with Crippen molar-refractivity contribution in [3.8, 4) is 5.75 Å². The zero-order valence-electron chi connectivity index (χ0n) is 23.5. The van der Waals surface area contributed by atoms with Crippen molar-refractivity contribution in [1.29, 1.82) is 0 Å². The second-order valence-electron chi connectivity index (χ2n) is 9.61. The quantitative estimate of drug-likeness (QED) is 0.196. The molecule has 46 heavy (non-hydrogen) atoms. The standard InChI is InChI=1S/C27H26F12N2O5/c1-2-45-20(21(42)43)13-16-5-9-19(10-6-16)46-12-11-41(22(44)40-14-17-3-7-18(28)8-4-17)15-23(29,30)24(31,32)25(33,34)26(35,36)27(37,38)39/h3-10,20H,2,11-15H2,1H3,(H,40,44)(H,42,43). The third-order valence-electron chi connectivity index (χ3n) is 6.26. The lowest BCUT2D eigenvalue weighted by molar-refractivity contribution is -0.422. The van der Waals surface area contributed by atoms with Crippen LogP contribution in [0.4, 0.5) is 57.5 Å². The molecule has 0 aliphatic carbocycles. The lowest BCUT2D eigenvalue weighted by atomic mass is 9.97. The van der Waals surface area contributed by atoms with Crippen molar-refractivity contribution in [3.63, 3.8) is 0 Å². The van der Waals surface area contributed by atoms with E-state index in [-0.39, 0.29) is 29.2 Å². The number of halogens is 12. The Morgan fingerprint density at radius 2 is 1.37 bits per heavy atom. The van der Waals surface area contributed by atoms with Crippen LogP contribution in [0.15, 0.2) is 48.5 Å². The van der Waals surface area contributed by atoms with Gasteiger partial charge in [-0.25, -0.2) is 14.0 Å². The predicted octanol–water partition coefficient (Wildman–Crippen LogP) is 6.55. The zero-order chi connectivity index (χ0) is 35.1. The van der Waals surface area contributed by atoms with Gasteiger partial charge in [-0.1, -0.05) is 24.3 Å². The van der Waals surface area contributed by atoms with Crippen molar-refractivity contribution < 1.29 is 76.9 Å². The van der Waals surface area contributed by atoms with Crippen LogP contribution in [0, 0.1) is 5.82 Å². The van der Waals surface area contributed by atoms with E-state index in [0.29, 0.717) is 5.56 Å². The first-order valence-corrected chi connectivity index (χ1v) is 13.0. The van der Waals surface area contributed by atoms with E-state index in [1.54, 1.807) is 6.92 Å². The van der Waals surface area contributed by atoms with Gasteiger partial charge in [0.15, 0.2) is 6.10 Å². The average molecular weight is 686 g/mol. The molecule has 0 bridgehead atoms. The third kappa shape index (κ3) is 8.88. The van der Waals surface area contributed by atoms with Crippen molar-refractivity contribution in [2.75, 3.05) is 26.3 Å². The monoisotopic (exact) mass is 686 g/mol. The number of hydrogen-bond acceptors (Lipinski definition) is 4. The molecule has 2 amide bonds. The molecule has 0 fully saturated rings. The molecule has 0 spiro atoms. The van der Waals surface area contributed by atoms with Crippen LogP contribution in [0.3, 0.4) is 0 Å². The van der Waals surface area contributed by atoms with Crippen LogP contribution in [-0.2, 0) is 22.5 Å². The van der Waals surface area contributed by atoms with E-state index in [4.69, 9.17) is 14.6 Å². The highest BCUT2D eigenvalue weighted by molar-refractivity contribution is 5.74. The Morgan fingerprint density at radius 1 is 0.826 bits per heavy atom. The van der Waals surface area contributed by atoms with Gasteiger partial charge >= 0.3 is 41.9 Å². The molecule has 0 radical (unpaired) electrons. The van der Waals surface area contributed by atoms with Crippen molar-refractivity contribution in [1.82, 2.24) is 10.2 Å². The molecular formula is C27H26F12N2O5. The lowest BCUT2D eigenvalue weighted by Gasteiger charge is -2.38. The average Bonchev–Trinajstić information content (AvgIpc) is 2.95. The molecule has 19 heteroatoms. The summed E-state index contributed by atoms with van der Waals surface area (Å²) < 4.78 is 172. The number of ether oxygens (including phenoxy) is 2. The van der Waals surface area contributed by atoms with Gasteiger partial charge in [-0.2, -0.15) is 48.3 Å². The van der Waals surface area contributed by atoms with Crippen molar-refractivity contribution in [2.24, 2.45) is 0 Å². The Hall–Kier alpha value is -3.90. The number of hydrogen-bond donors (Lipinski definition) is 2. The maximum atomic E-state index is 14.6. The Balaban J connectivity index is 2.25. The summed E-state index contributed by atoms with van der Waals surface area (Å²) in [6, 6.07) is 7.64. The topological polar surface area (TPSA) is 88.1 Å². The van der Waals surface area contributed by atoms with Crippen molar-refractivity contribution in [3.05, 3.63) is 65.5 Å². The van der Waals surface area contributed by atoms with Crippen molar-refractivity contribution in [2.45, 2.75) is 55.9 Å². The number of rotatable bonds is 16. The highest BCUT2D eigenvalue weighted by Gasteiger charge is 2.87. The third-order valence-corrected chi connectivity index (χ3v) is 6.26. The van der Waals surface area contributed by atoms with E-state index in [2.05, 4.69) is 0 Å². The Morgan fingerprint density at radius 3 is 1.87 bits per heavy atom. The molecule has 0 heterocycles. The van der Waals surface area contributed by atoms with Crippen LogP contribution < -0.4 is 10.1 Å². The number of aliphatic carboxylic acids is 1. The van der Waals surface area contributed by atoms with Gasteiger partial charge in [0.1, 0.15) is 18.2 Å². The Labute approximate surface area is 253 Å². The number of carboxylic acids is 1. The summed E-state index contributed by atoms with van der Waals surface area (Å²) in [7, 11) is 0. The minimum Gasteiger partial charge on any atom is -0.492 e. The van der Waals surface area contributed by atoms with Crippen LogP contribution in [0.2, 0.25) is 0 Å². The second kappa shape index (κ2) is 14.7. The van der Waals surface area contributed by atoms with E-state index in [9.17, 15) is 62.3 Å². The van der Waals surface area contributed by atoms with Gasteiger partial charge in [0, 0.05) is 19.6 Å². The molecule has 2 aromatic rings. The summed E-state index contributed by atoms with van der Waals surface area (Å²) in [6.07, 6.45) is -8.61. The van der Waals surface area contributed by atoms with Crippen molar-refractivity contribution >= 4 is 12.0 Å². The van der Waals surface area contributed by atoms with Gasteiger partial charge in [0.05, 0.1) is 13.1 Å². The minimum absolute atomic E-state index is 0.0489. The van der Waals surface area contributed by atoms with Gasteiger partial charge in [-0.05, 0) is 42.3 Å². The summed E-state index contributed by atoms with van der Waals surface area (Å²) in [6.45, 7) is -3.61. The minimum atomic E-state index is -7.65. The largest absolute Gasteiger partial charge is 0.492 e. The van der Waals surface area contributed by atoms with Crippen LogP contribution in [0.1, 0.15) is 18.1 Å². The van der Waals surface area contributed by atoms with Crippen LogP contribution in [0.25, 0.3) is 0 Å². The molecule has 1 unspecified atom stereocenters. The van der Waals surface area contributed by atoms with Crippen LogP contribution in [-0.4, -0.2) is 84.3 Å². The highest BCUT2D eigenvalue weighted by Crippen LogP contribution is 2.57. The van der Waals surface area contributed by atoms with Crippen LogP contribution >= 0.6 is 0 Å². The van der Waals surface area contributed by atoms with E-state index in [1.165, 1.54) is 24.3 Å². The SMILES string of the molecule is CCOC(Cc1ccc(OCCN(CC(F)(F)C(F)(F)C(F)(F)C(F)(F)C(F)(F)F)C(=O)NCc2ccc(F)cc2)cc1)C(=O)O. The molecule has 2 N–H and O–H groups in total. The Kier molecular flexibility index (Phi) is 12.2. The first-order chi connectivity index (χ1) is 21.1. The fraction of sp³-hybridized carbons (Fsp3) is 0.481. The highest BCUT2D eigenvalue weighted by atomic mass is 19.4. The van der Waals surface area contributed by atoms with E-state index < -0.39 is 80.0 Å². The summed E-state index contributed by atoms with van der Waals surface area (Å²) in [5.41, 5.74) is 0.572. The smallest absolute Gasteiger partial charge is 0.460 e. The number of urea groups is 1. The number of nitrogens with zero attached hydrogens (tertiary/aromatic N) is 1. The number of amides is 2. The number of benzene rings is 2. The fourth-order valence-corrected chi connectivity index (χ4v) is 3.72. The van der Waals surface area contributed by atoms with E-state index >= 15 is 0 Å². The molecule has 2 aromatic carbocycles. The molecule has 0 aliphatic rings. The summed E-state index contributed by atoms with van der Waals surface area (Å²) in [4.78, 5) is 23.6. The molecule has 1 atom stereocenters. The predicted molar refractivity (Wildman–Crippen MR) is 135 cm³/mol. The van der Waals surface area contributed by atoms with Gasteiger partial charge < -0.3 is 24.8 Å². The summed E-state index contributed by atoms with van der Waals surface area (Å²) in [5, 5.41) is 11.1. The Bertz CT molecular complexity index is 1310. The lowest BCUT2D eigenvalue weighted by Crippen LogP contribution is -2.68. The maximum Gasteiger partial charge on any atom is 0.460 e. The van der Waals surface area contributed by atoms with Gasteiger partial charge in [-0.15, -0.1) is 0 Å². The molecule has 258 valence electrons. The summed E-state index contributed by atoms with van der Waals surface area (Å²) >= 11 is 0. The molecule has 0 saturated carbocycles. The molecule has 0 aromatic heterocycles. The van der Waals surface area contributed by atoms with Crippen LogP contribution in [0.5, 0.6) is 5.75 Å². The van der Waals surface area contributed by atoms with Gasteiger partial charge in [0.25, 0.3) is 0 Å². The molecule has 0 saturated heterocycles. The van der Waals surface area contributed by atoms with E-state index in [0.717, 1.165) is 24.3 Å². The number of nitrogens with one attached hydrogen (secondary N) is 1. The normalized spacial score (nSPS) is 13.7. The fourth-order valence-electron chi connectivity index (χ4n) is 3.72. The molecule has 0 aliphatic heterocycles. The number of alkyl halides is 11. The molecule has 2 rings (SSSR count). The first-order valence-electron chi connectivity index (χ1n) is 13.0. The number of carboxylic acid groups (broad SMARTS) is 1. The van der Waals surface area contributed by atoms with Gasteiger partial charge in [0.2, 0.25) is 0 Å². The number of carbonyl (C=O) groups excluding carboxylic acids is 1. The number of carbonyl (C=O) groups is 2. The van der Waals surface area contributed by atoms with E-state index in [1.807, 2.05) is 5.32 Å². The zero-order valence-corrected chi connectivity index (χ0v) is 23.5. The molecule has 7 nitrogen and oxygen atoms in total. The first kappa shape index (κ1) is 38.3. The summed E-state index contributed by atoms with van der Waals surface area (Å²) in [5.74, 6) is -30.9. The molecular weight excluding hydrogens is 660 g/mol. The second-order valence-corrected chi connectivity index (χ2v) is 9.61. The maximum absolute atomic E-state index is 14.6.